The van der Waals surface area contributed by atoms with Crippen LogP contribution in [-0.2, 0) is 11.3 Å². The predicted octanol–water partition coefficient (Wildman–Crippen LogP) is 6.40. The lowest BCUT2D eigenvalue weighted by atomic mass is 10.0. The van der Waals surface area contributed by atoms with Crippen LogP contribution in [0.4, 0.5) is 5.69 Å². The smallest absolute Gasteiger partial charge is 0.256 e. The van der Waals surface area contributed by atoms with Crippen LogP contribution >= 0.6 is 0 Å². The molecule has 1 aliphatic heterocycles. The van der Waals surface area contributed by atoms with Crippen molar-refractivity contribution in [1.82, 2.24) is 14.5 Å². The Bertz CT molecular complexity index is 1400. The molecule has 8 heteroatoms. The Morgan fingerprint density at radius 1 is 0.837 bits per heavy atom. The van der Waals surface area contributed by atoms with Crippen LogP contribution in [0, 0.1) is 0 Å². The highest BCUT2D eigenvalue weighted by molar-refractivity contribution is 6.01. The van der Waals surface area contributed by atoms with Crippen LogP contribution in [0.25, 0.3) is 11.1 Å². The van der Waals surface area contributed by atoms with E-state index in [2.05, 4.69) is 32.8 Å². The second-order valence-electron chi connectivity index (χ2n) is 11.1. The molecule has 1 fully saturated rings. The number of amides is 1. The third-order valence-corrected chi connectivity index (χ3v) is 7.10. The third kappa shape index (κ3) is 8.85. The first-order chi connectivity index (χ1) is 20.8. The van der Waals surface area contributed by atoms with Crippen molar-refractivity contribution >= 4 is 11.6 Å². The van der Waals surface area contributed by atoms with Gasteiger partial charge in [-0.1, -0.05) is 36.4 Å². The summed E-state index contributed by atoms with van der Waals surface area (Å²) in [4.78, 5) is 22.2. The number of carbonyl (C=O) groups excluding carboxylic acids is 1. The zero-order valence-electron chi connectivity index (χ0n) is 26.2. The summed E-state index contributed by atoms with van der Waals surface area (Å²) < 4.78 is 18.2. The number of methoxy groups -OCH3 is 2. The number of hydrogen-bond acceptors (Lipinski definition) is 6. The Morgan fingerprint density at radius 3 is 2.02 bits per heavy atom. The molecule has 2 aromatic heterocycles. The summed E-state index contributed by atoms with van der Waals surface area (Å²) in [6.45, 7) is 11.6. The quantitative estimate of drug-likeness (QED) is 0.227. The van der Waals surface area contributed by atoms with Gasteiger partial charge in [-0.05, 0) is 44.9 Å². The lowest BCUT2D eigenvalue weighted by Crippen LogP contribution is -2.48. The van der Waals surface area contributed by atoms with Crippen molar-refractivity contribution < 1.29 is 19.0 Å². The Labute approximate surface area is 255 Å². The molecule has 0 N–H and O–H groups in total. The van der Waals surface area contributed by atoms with Gasteiger partial charge in [-0.25, -0.2) is 0 Å². The number of hydrogen-bond donors (Lipinski definition) is 0. The normalized spacial score (nSPS) is 13.1. The van der Waals surface area contributed by atoms with Gasteiger partial charge in [0.15, 0.2) is 0 Å². The van der Waals surface area contributed by atoms with Crippen molar-refractivity contribution in [1.29, 1.82) is 0 Å². The van der Waals surface area contributed by atoms with Gasteiger partial charge in [0.05, 0.1) is 32.0 Å². The number of carbonyl (C=O) groups is 1. The number of aromatic nitrogens is 2. The van der Waals surface area contributed by atoms with E-state index < -0.39 is 0 Å². The van der Waals surface area contributed by atoms with Crippen LogP contribution in [0.2, 0.25) is 0 Å². The van der Waals surface area contributed by atoms with Crippen LogP contribution in [-0.4, -0.2) is 73.0 Å². The standard InChI is InChI=1S/C29H30N4O3.C6H14O/c1-35-25-15-24(16-26(17-25)36-2)32-11-13-33(14-12-32)29(34)28-21-31(19-22-7-6-10-30-18-22)20-27(28)23-8-4-3-5-9-23;1-5(2)7-6(3)4/h3-10,15-18,20-21H,11-14,19H2,1-2H3;5-6H,1-4H3. The fourth-order valence-electron chi connectivity index (χ4n) is 5.18. The molecule has 2 aromatic carbocycles. The van der Waals surface area contributed by atoms with Gasteiger partial charge in [-0.3, -0.25) is 9.78 Å². The van der Waals surface area contributed by atoms with Crippen LogP contribution in [0.3, 0.4) is 0 Å². The number of benzene rings is 2. The van der Waals surface area contributed by atoms with Gasteiger partial charge >= 0.3 is 0 Å². The molecule has 228 valence electrons. The molecule has 0 saturated carbocycles. The van der Waals surface area contributed by atoms with Crippen molar-refractivity contribution in [2.24, 2.45) is 0 Å². The maximum absolute atomic E-state index is 13.7. The Kier molecular flexibility index (Phi) is 11.2. The molecule has 0 radical (unpaired) electrons. The van der Waals surface area contributed by atoms with Gasteiger partial charge < -0.3 is 28.6 Å². The Hall–Kier alpha value is -4.30. The Balaban J connectivity index is 0.000000541. The molecule has 1 saturated heterocycles. The second kappa shape index (κ2) is 15.3. The predicted molar refractivity (Wildman–Crippen MR) is 172 cm³/mol. The largest absolute Gasteiger partial charge is 0.497 e. The van der Waals surface area contributed by atoms with E-state index in [1.54, 1.807) is 20.4 Å². The van der Waals surface area contributed by atoms with Crippen LogP contribution in [0.15, 0.2) is 85.5 Å². The van der Waals surface area contributed by atoms with E-state index in [1.165, 1.54) is 0 Å². The van der Waals surface area contributed by atoms with Gasteiger partial charge in [0.1, 0.15) is 11.5 Å². The van der Waals surface area contributed by atoms with Crippen molar-refractivity contribution in [2.75, 3.05) is 45.3 Å². The first kappa shape index (κ1) is 31.6. The molecule has 0 aliphatic carbocycles. The summed E-state index contributed by atoms with van der Waals surface area (Å²) >= 11 is 0. The summed E-state index contributed by atoms with van der Waals surface area (Å²) in [5.74, 6) is 1.57. The molecule has 8 nitrogen and oxygen atoms in total. The van der Waals surface area contributed by atoms with Gasteiger partial charge in [-0.15, -0.1) is 0 Å². The summed E-state index contributed by atoms with van der Waals surface area (Å²) in [5, 5.41) is 0. The maximum atomic E-state index is 13.7. The summed E-state index contributed by atoms with van der Waals surface area (Å²) in [6.07, 6.45) is 8.41. The molecule has 4 aromatic rings. The number of nitrogens with zero attached hydrogens (tertiary/aromatic N) is 4. The zero-order valence-corrected chi connectivity index (χ0v) is 26.2. The third-order valence-electron chi connectivity index (χ3n) is 7.10. The van der Waals surface area contributed by atoms with Crippen molar-refractivity contribution in [3.05, 3.63) is 96.6 Å². The molecule has 1 amide bonds. The lowest BCUT2D eigenvalue weighted by molar-refractivity contribution is 0.0300. The fraction of sp³-hybridized carbons (Fsp3) is 0.371. The fourth-order valence-corrected chi connectivity index (χ4v) is 5.18. The highest BCUT2D eigenvalue weighted by Crippen LogP contribution is 2.30. The number of rotatable bonds is 9. The molecule has 1 aliphatic rings. The molecule has 5 rings (SSSR count). The topological polar surface area (TPSA) is 69.1 Å². The van der Waals surface area contributed by atoms with E-state index in [4.69, 9.17) is 14.2 Å². The Morgan fingerprint density at radius 2 is 1.49 bits per heavy atom. The first-order valence-electron chi connectivity index (χ1n) is 14.8. The van der Waals surface area contributed by atoms with Gasteiger partial charge in [0, 0.05) is 87.0 Å². The number of piperazine rings is 1. The van der Waals surface area contributed by atoms with Crippen LogP contribution in [0.5, 0.6) is 11.5 Å². The van der Waals surface area contributed by atoms with E-state index in [0.29, 0.717) is 31.8 Å². The minimum absolute atomic E-state index is 0.0571. The zero-order chi connectivity index (χ0) is 30.8. The van der Waals surface area contributed by atoms with Crippen LogP contribution in [0.1, 0.15) is 43.6 Å². The van der Waals surface area contributed by atoms with Gasteiger partial charge in [-0.2, -0.15) is 0 Å². The number of ether oxygens (including phenoxy) is 3. The number of anilines is 1. The molecular formula is C35H44N4O4. The average molecular weight is 585 g/mol. The molecule has 43 heavy (non-hydrogen) atoms. The molecule has 0 unspecified atom stereocenters. The minimum atomic E-state index is 0.0571. The van der Waals surface area contributed by atoms with Gasteiger partial charge in [0.2, 0.25) is 0 Å². The van der Waals surface area contributed by atoms with E-state index >= 15 is 0 Å². The lowest BCUT2D eigenvalue weighted by Gasteiger charge is -2.36. The molecule has 0 bridgehead atoms. The second-order valence-corrected chi connectivity index (χ2v) is 11.1. The SMILES string of the molecule is CC(C)OC(C)C.COc1cc(OC)cc(N2CCN(C(=O)c3cn(Cc4cccnc4)cc3-c3ccccc3)CC2)c1. The monoisotopic (exact) mass is 584 g/mol. The minimum Gasteiger partial charge on any atom is -0.497 e. The highest BCUT2D eigenvalue weighted by atomic mass is 16.5. The van der Waals surface area contributed by atoms with E-state index in [0.717, 1.165) is 52.5 Å². The molecule has 0 atom stereocenters. The first-order valence-corrected chi connectivity index (χ1v) is 14.8. The average Bonchev–Trinajstić information content (AvgIpc) is 3.44. The van der Waals surface area contributed by atoms with Crippen molar-refractivity contribution in [2.45, 2.75) is 46.4 Å². The highest BCUT2D eigenvalue weighted by Gasteiger charge is 2.26. The maximum Gasteiger partial charge on any atom is 0.256 e. The van der Waals surface area contributed by atoms with Gasteiger partial charge in [0.25, 0.3) is 5.91 Å². The van der Waals surface area contributed by atoms with E-state index in [-0.39, 0.29) is 5.91 Å². The summed E-state index contributed by atoms with van der Waals surface area (Å²) in [7, 11) is 3.31. The number of pyridine rings is 1. The van der Waals surface area contributed by atoms with E-state index in [9.17, 15) is 4.79 Å². The molecule has 0 spiro atoms. The van der Waals surface area contributed by atoms with Crippen molar-refractivity contribution in [3.8, 4) is 22.6 Å². The summed E-state index contributed by atoms with van der Waals surface area (Å²) in [6, 6.07) is 20.0. The molecular weight excluding hydrogens is 540 g/mol. The van der Waals surface area contributed by atoms with E-state index in [1.807, 2.05) is 93.5 Å². The summed E-state index contributed by atoms with van der Waals surface area (Å²) in [5.41, 5.74) is 4.83. The van der Waals surface area contributed by atoms with Crippen molar-refractivity contribution in [3.63, 3.8) is 0 Å². The van der Waals surface area contributed by atoms with Crippen LogP contribution < -0.4 is 14.4 Å². The molecule has 3 heterocycles.